The van der Waals surface area contributed by atoms with Gasteiger partial charge in [-0.25, -0.2) is 4.52 Å². The van der Waals surface area contributed by atoms with Gasteiger partial charge >= 0.3 is 0 Å². The molecule has 21 heavy (non-hydrogen) atoms. The fraction of sp³-hybridized carbons (Fsp3) is 0.278. The number of benzene rings is 1. The quantitative estimate of drug-likeness (QED) is 0.622. The van der Waals surface area contributed by atoms with Crippen LogP contribution in [0, 0.1) is 6.92 Å². The lowest BCUT2D eigenvalue weighted by molar-refractivity contribution is 0.482. The molecule has 3 nitrogen and oxygen atoms in total. The van der Waals surface area contributed by atoms with E-state index in [4.69, 9.17) is 4.74 Å². The summed E-state index contributed by atoms with van der Waals surface area (Å²) in [6.45, 7) is 10.0. The Morgan fingerprint density at radius 3 is 2.24 bits per heavy atom. The molecule has 2 aromatic heterocycles. The molecule has 112 valence electrons. The van der Waals surface area contributed by atoms with Gasteiger partial charge in [0.05, 0.1) is 11.7 Å². The van der Waals surface area contributed by atoms with Crippen LogP contribution in [0.25, 0.3) is 5.52 Å². The lowest BCUT2D eigenvalue weighted by Crippen LogP contribution is -1.88. The van der Waals surface area contributed by atoms with Gasteiger partial charge in [0.25, 0.3) is 0 Å². The largest absolute Gasteiger partial charge is 0.457 e. The summed E-state index contributed by atoms with van der Waals surface area (Å²) in [6.07, 6.45) is 3.75. The highest BCUT2D eigenvalue weighted by atomic mass is 16.5. The van der Waals surface area contributed by atoms with Crippen molar-refractivity contribution in [2.24, 2.45) is 0 Å². The molecule has 0 unspecified atom stereocenters. The first kappa shape index (κ1) is 16.8. The summed E-state index contributed by atoms with van der Waals surface area (Å²) >= 11 is 0. The Hall–Kier alpha value is -2.29. The van der Waals surface area contributed by atoms with Crippen LogP contribution in [0.4, 0.5) is 0 Å². The molecular weight excluding hydrogens is 260 g/mol. The fourth-order valence-electron chi connectivity index (χ4n) is 1.77. The smallest absolute Gasteiger partial charge is 0.131 e. The maximum atomic E-state index is 5.77. The first-order valence-electron chi connectivity index (χ1n) is 7.50. The first-order valence-corrected chi connectivity index (χ1v) is 7.50. The van der Waals surface area contributed by atoms with Crippen molar-refractivity contribution in [2.45, 2.75) is 34.6 Å². The predicted molar refractivity (Wildman–Crippen MR) is 89.1 cm³/mol. The number of ether oxygens (including phenoxy) is 1. The number of nitrogens with zero attached hydrogens (tertiary/aromatic N) is 2. The van der Waals surface area contributed by atoms with Crippen LogP contribution in [0.2, 0.25) is 0 Å². The summed E-state index contributed by atoms with van der Waals surface area (Å²) in [4.78, 5) is 0. The van der Waals surface area contributed by atoms with Crippen molar-refractivity contribution in [3.63, 3.8) is 0 Å². The third kappa shape index (κ3) is 4.35. The van der Waals surface area contributed by atoms with Gasteiger partial charge in [0.15, 0.2) is 0 Å². The van der Waals surface area contributed by atoms with Gasteiger partial charge in [0.2, 0.25) is 0 Å². The van der Waals surface area contributed by atoms with E-state index in [0.29, 0.717) is 0 Å². The highest BCUT2D eigenvalue weighted by Crippen LogP contribution is 2.23. The van der Waals surface area contributed by atoms with E-state index in [1.807, 2.05) is 94.0 Å². The highest BCUT2D eigenvalue weighted by molar-refractivity contribution is 5.56. The maximum absolute atomic E-state index is 5.77. The van der Waals surface area contributed by atoms with Crippen LogP contribution >= 0.6 is 0 Å². The lowest BCUT2D eigenvalue weighted by Gasteiger charge is -2.05. The average molecular weight is 284 g/mol. The van der Waals surface area contributed by atoms with E-state index in [1.54, 1.807) is 0 Å². The molecule has 0 spiro atoms. The number of pyridine rings is 1. The minimum absolute atomic E-state index is 0.826. The zero-order valence-corrected chi connectivity index (χ0v) is 13.5. The van der Waals surface area contributed by atoms with Gasteiger partial charge in [-0.15, -0.1) is 0 Å². The van der Waals surface area contributed by atoms with E-state index in [-0.39, 0.29) is 0 Å². The third-order valence-electron chi connectivity index (χ3n) is 2.66. The molecule has 0 amide bonds. The second kappa shape index (κ2) is 8.80. The lowest BCUT2D eigenvalue weighted by atomic mass is 10.3. The molecule has 0 saturated heterocycles. The molecule has 3 aromatic rings. The van der Waals surface area contributed by atoms with Gasteiger partial charge in [0.1, 0.15) is 11.5 Å². The number of aromatic nitrogens is 2. The average Bonchev–Trinajstić information content (AvgIpc) is 2.93. The predicted octanol–water partition coefficient (Wildman–Crippen LogP) is 5.49. The number of hydrogen-bond acceptors (Lipinski definition) is 2. The summed E-state index contributed by atoms with van der Waals surface area (Å²) in [7, 11) is 0. The van der Waals surface area contributed by atoms with E-state index in [2.05, 4.69) is 5.10 Å². The summed E-state index contributed by atoms with van der Waals surface area (Å²) in [5, 5.41) is 4.23. The summed E-state index contributed by atoms with van der Waals surface area (Å²) in [5.74, 6) is 1.67. The third-order valence-corrected chi connectivity index (χ3v) is 2.66. The Morgan fingerprint density at radius 1 is 0.905 bits per heavy atom. The second-order valence-corrected chi connectivity index (χ2v) is 3.93. The SMILES string of the molecule is CC.CC.Cc1cnn2ccc(Oc3ccccc3)cc12. The Morgan fingerprint density at radius 2 is 1.57 bits per heavy atom. The number of aryl methyl sites for hydroxylation is 1. The molecule has 0 bridgehead atoms. The normalized spacial score (nSPS) is 9.19. The van der Waals surface area contributed by atoms with Gasteiger partial charge in [-0.05, 0) is 30.7 Å². The Bertz CT molecular complexity index is 645. The van der Waals surface area contributed by atoms with Crippen LogP contribution in [0.5, 0.6) is 11.5 Å². The molecule has 0 radical (unpaired) electrons. The van der Waals surface area contributed by atoms with Gasteiger partial charge in [-0.2, -0.15) is 5.10 Å². The van der Waals surface area contributed by atoms with Crippen molar-refractivity contribution in [3.8, 4) is 11.5 Å². The van der Waals surface area contributed by atoms with Gasteiger partial charge in [-0.3, -0.25) is 0 Å². The second-order valence-electron chi connectivity index (χ2n) is 3.93. The Balaban J connectivity index is 0.000000510. The van der Waals surface area contributed by atoms with Crippen molar-refractivity contribution >= 4 is 5.52 Å². The zero-order chi connectivity index (χ0) is 15.7. The Labute approximate surface area is 127 Å². The highest BCUT2D eigenvalue weighted by Gasteiger charge is 2.02. The minimum Gasteiger partial charge on any atom is -0.457 e. The van der Waals surface area contributed by atoms with Gasteiger partial charge < -0.3 is 4.74 Å². The molecule has 3 heteroatoms. The molecule has 0 aliphatic rings. The van der Waals surface area contributed by atoms with Crippen molar-refractivity contribution in [1.82, 2.24) is 9.61 Å². The van der Waals surface area contributed by atoms with E-state index in [0.717, 1.165) is 22.6 Å². The topological polar surface area (TPSA) is 26.5 Å². The van der Waals surface area contributed by atoms with Crippen LogP contribution in [0.3, 0.4) is 0 Å². The minimum atomic E-state index is 0.826. The van der Waals surface area contributed by atoms with Gasteiger partial charge in [-0.1, -0.05) is 45.9 Å². The van der Waals surface area contributed by atoms with Crippen molar-refractivity contribution in [2.75, 3.05) is 0 Å². The van der Waals surface area contributed by atoms with Crippen molar-refractivity contribution < 1.29 is 4.74 Å². The molecule has 2 heterocycles. The molecule has 0 aliphatic heterocycles. The molecule has 3 rings (SSSR count). The summed E-state index contributed by atoms with van der Waals surface area (Å²) in [5.41, 5.74) is 2.21. The van der Waals surface area contributed by atoms with Crippen LogP contribution in [-0.2, 0) is 0 Å². The van der Waals surface area contributed by atoms with Crippen molar-refractivity contribution in [1.29, 1.82) is 0 Å². The van der Waals surface area contributed by atoms with E-state index >= 15 is 0 Å². The summed E-state index contributed by atoms with van der Waals surface area (Å²) in [6, 6.07) is 13.7. The van der Waals surface area contributed by atoms with Crippen LogP contribution < -0.4 is 4.74 Å². The first-order chi connectivity index (χ1) is 10.3. The number of para-hydroxylation sites is 1. The number of fused-ring (bicyclic) bond motifs is 1. The van der Waals surface area contributed by atoms with Crippen LogP contribution in [0.15, 0.2) is 54.9 Å². The van der Waals surface area contributed by atoms with Crippen LogP contribution in [0.1, 0.15) is 33.3 Å². The Kier molecular flexibility index (Phi) is 7.02. The molecule has 0 N–H and O–H groups in total. The fourth-order valence-corrected chi connectivity index (χ4v) is 1.77. The van der Waals surface area contributed by atoms with Crippen molar-refractivity contribution in [3.05, 3.63) is 60.4 Å². The molecule has 0 atom stereocenters. The van der Waals surface area contributed by atoms with Gasteiger partial charge in [0, 0.05) is 12.3 Å². The molecular formula is C18H24N2O. The standard InChI is InChI=1S/C14H12N2O.2C2H6/c1-11-10-15-16-8-7-13(9-14(11)16)17-12-5-3-2-4-6-12;2*1-2/h2-10H,1H3;2*1-2H3. The molecule has 0 fully saturated rings. The molecule has 0 aliphatic carbocycles. The van der Waals surface area contributed by atoms with E-state index < -0.39 is 0 Å². The van der Waals surface area contributed by atoms with Crippen LogP contribution in [-0.4, -0.2) is 9.61 Å². The number of rotatable bonds is 2. The monoisotopic (exact) mass is 284 g/mol. The summed E-state index contributed by atoms with van der Waals surface area (Å²) < 4.78 is 7.61. The zero-order valence-electron chi connectivity index (χ0n) is 13.5. The van der Waals surface area contributed by atoms with E-state index in [9.17, 15) is 0 Å². The molecule has 0 saturated carbocycles. The molecule has 1 aromatic carbocycles. The number of hydrogen-bond donors (Lipinski definition) is 0. The maximum Gasteiger partial charge on any atom is 0.131 e. The van der Waals surface area contributed by atoms with E-state index in [1.165, 1.54) is 0 Å².